The molecule has 7 heteroatoms. The lowest BCUT2D eigenvalue weighted by molar-refractivity contribution is -0.133. The van der Waals surface area contributed by atoms with Crippen LogP contribution in [0.5, 0.6) is 0 Å². The predicted molar refractivity (Wildman–Crippen MR) is 122 cm³/mol. The SMILES string of the molecule is Cc1nn(-c2ccccc2)cc1C(=O)Nc1ccc(C2NNC(=O)C3CCCCC32)cc1. The zero-order chi connectivity index (χ0) is 22.1. The van der Waals surface area contributed by atoms with Gasteiger partial charge in [0.2, 0.25) is 5.91 Å². The molecule has 3 unspecified atom stereocenters. The zero-order valence-electron chi connectivity index (χ0n) is 18.0. The molecule has 32 heavy (non-hydrogen) atoms. The van der Waals surface area contributed by atoms with Crippen molar-refractivity contribution in [3.8, 4) is 5.69 Å². The Bertz CT molecular complexity index is 1120. The number of fused-ring (bicyclic) bond motifs is 1. The van der Waals surface area contributed by atoms with Crippen LogP contribution in [0.3, 0.4) is 0 Å². The normalized spacial score (nSPS) is 22.7. The first-order chi connectivity index (χ1) is 15.6. The summed E-state index contributed by atoms with van der Waals surface area (Å²) in [4.78, 5) is 25.1. The number of nitrogens with one attached hydrogen (secondary N) is 3. The fourth-order valence-electron chi connectivity index (χ4n) is 4.93. The summed E-state index contributed by atoms with van der Waals surface area (Å²) in [6.07, 6.45) is 6.05. The minimum atomic E-state index is -0.187. The number of carbonyl (C=O) groups is 2. The van der Waals surface area contributed by atoms with E-state index in [2.05, 4.69) is 21.3 Å². The Labute approximate surface area is 187 Å². The van der Waals surface area contributed by atoms with Crippen LogP contribution in [0.15, 0.2) is 60.8 Å². The van der Waals surface area contributed by atoms with Crippen LogP contribution in [0, 0.1) is 18.8 Å². The molecule has 1 saturated carbocycles. The molecule has 2 aliphatic rings. The molecular weight excluding hydrogens is 402 g/mol. The molecule has 3 atom stereocenters. The number of para-hydroxylation sites is 1. The van der Waals surface area contributed by atoms with Crippen molar-refractivity contribution in [1.82, 2.24) is 20.6 Å². The second-order valence-corrected chi connectivity index (χ2v) is 8.65. The lowest BCUT2D eigenvalue weighted by Crippen LogP contribution is -2.55. The second kappa shape index (κ2) is 8.59. The van der Waals surface area contributed by atoms with E-state index < -0.39 is 0 Å². The lowest BCUT2D eigenvalue weighted by atomic mass is 9.72. The van der Waals surface area contributed by atoms with Crippen LogP contribution >= 0.6 is 0 Å². The molecule has 1 aromatic heterocycles. The summed E-state index contributed by atoms with van der Waals surface area (Å²) in [5.74, 6) is 0.317. The van der Waals surface area contributed by atoms with Gasteiger partial charge >= 0.3 is 0 Å². The third-order valence-corrected chi connectivity index (χ3v) is 6.63. The highest BCUT2D eigenvalue weighted by molar-refractivity contribution is 6.04. The van der Waals surface area contributed by atoms with E-state index in [9.17, 15) is 9.59 Å². The minimum Gasteiger partial charge on any atom is -0.322 e. The topological polar surface area (TPSA) is 88.1 Å². The first-order valence-electron chi connectivity index (χ1n) is 11.2. The van der Waals surface area contributed by atoms with Gasteiger partial charge in [0.15, 0.2) is 0 Å². The maximum atomic E-state index is 12.9. The van der Waals surface area contributed by atoms with E-state index in [1.807, 2.05) is 61.5 Å². The fourth-order valence-corrected chi connectivity index (χ4v) is 4.93. The lowest BCUT2D eigenvalue weighted by Gasteiger charge is -2.41. The summed E-state index contributed by atoms with van der Waals surface area (Å²) in [5, 5.41) is 7.45. The molecule has 0 bridgehead atoms. The average molecular weight is 430 g/mol. The number of carbonyl (C=O) groups excluding carboxylic acids is 2. The molecule has 2 amide bonds. The quantitative estimate of drug-likeness (QED) is 0.587. The number of hydrazine groups is 1. The molecule has 3 aromatic rings. The maximum Gasteiger partial charge on any atom is 0.259 e. The van der Waals surface area contributed by atoms with Gasteiger partial charge in [-0.1, -0.05) is 43.2 Å². The fraction of sp³-hybridized carbons (Fsp3) is 0.320. The average Bonchev–Trinajstić information content (AvgIpc) is 3.23. The molecular formula is C25H27N5O2. The molecule has 5 rings (SSSR count). The number of amides is 2. The third-order valence-electron chi connectivity index (χ3n) is 6.63. The van der Waals surface area contributed by atoms with Crippen LogP contribution in [-0.4, -0.2) is 21.6 Å². The van der Waals surface area contributed by atoms with E-state index in [0.29, 0.717) is 17.2 Å². The summed E-state index contributed by atoms with van der Waals surface area (Å²) in [6.45, 7) is 1.83. The van der Waals surface area contributed by atoms with Crippen molar-refractivity contribution in [2.24, 2.45) is 11.8 Å². The van der Waals surface area contributed by atoms with Gasteiger partial charge in [0.25, 0.3) is 5.91 Å². The van der Waals surface area contributed by atoms with Crippen LogP contribution < -0.4 is 16.2 Å². The maximum absolute atomic E-state index is 12.9. The van der Waals surface area contributed by atoms with Gasteiger partial charge in [-0.25, -0.2) is 10.1 Å². The Balaban J connectivity index is 1.29. The number of rotatable bonds is 4. The highest BCUT2D eigenvalue weighted by atomic mass is 16.2. The van der Waals surface area contributed by atoms with Gasteiger partial charge < -0.3 is 5.32 Å². The highest BCUT2D eigenvalue weighted by Crippen LogP contribution is 2.40. The Morgan fingerprint density at radius 2 is 1.81 bits per heavy atom. The van der Waals surface area contributed by atoms with Gasteiger partial charge in [-0.15, -0.1) is 0 Å². The standard InChI is InChI=1S/C25H27N5O2/c1-16-22(15-30(29-16)19-7-3-2-4-8-19)24(31)26-18-13-11-17(12-14-18)23-20-9-5-6-10-21(20)25(32)28-27-23/h2-4,7-8,11-15,20-21,23,27H,5-6,9-10H2,1H3,(H,26,31)(H,28,32). The number of hydrogen-bond donors (Lipinski definition) is 3. The van der Waals surface area contributed by atoms with Crippen molar-refractivity contribution in [3.63, 3.8) is 0 Å². The van der Waals surface area contributed by atoms with Gasteiger partial charge in [-0.05, 0) is 55.5 Å². The number of anilines is 1. The third kappa shape index (κ3) is 3.91. The van der Waals surface area contributed by atoms with Crippen molar-refractivity contribution >= 4 is 17.5 Å². The first-order valence-corrected chi connectivity index (χ1v) is 11.2. The molecule has 1 aliphatic carbocycles. The van der Waals surface area contributed by atoms with Gasteiger partial charge in [0, 0.05) is 17.8 Å². The molecule has 0 radical (unpaired) electrons. The van der Waals surface area contributed by atoms with Crippen molar-refractivity contribution in [3.05, 3.63) is 77.6 Å². The summed E-state index contributed by atoms with van der Waals surface area (Å²) < 4.78 is 1.72. The van der Waals surface area contributed by atoms with E-state index in [1.165, 1.54) is 0 Å². The van der Waals surface area contributed by atoms with Crippen LogP contribution in [0.2, 0.25) is 0 Å². The van der Waals surface area contributed by atoms with Crippen molar-refractivity contribution in [2.75, 3.05) is 5.32 Å². The zero-order valence-corrected chi connectivity index (χ0v) is 18.0. The van der Waals surface area contributed by atoms with E-state index in [1.54, 1.807) is 10.9 Å². The van der Waals surface area contributed by atoms with Crippen LogP contribution in [-0.2, 0) is 4.79 Å². The first kappa shape index (κ1) is 20.5. The minimum absolute atomic E-state index is 0.0819. The van der Waals surface area contributed by atoms with Crippen molar-refractivity contribution in [1.29, 1.82) is 0 Å². The van der Waals surface area contributed by atoms with Gasteiger partial charge in [-0.2, -0.15) is 5.10 Å². The molecule has 3 N–H and O–H groups in total. The Morgan fingerprint density at radius 3 is 2.59 bits per heavy atom. The molecule has 0 spiro atoms. The number of hydrogen-bond acceptors (Lipinski definition) is 4. The van der Waals surface area contributed by atoms with E-state index in [4.69, 9.17) is 0 Å². The molecule has 1 aliphatic heterocycles. The molecule has 2 heterocycles. The molecule has 164 valence electrons. The van der Waals surface area contributed by atoms with E-state index in [0.717, 1.165) is 42.6 Å². The summed E-state index contributed by atoms with van der Waals surface area (Å²) in [6, 6.07) is 17.7. The summed E-state index contributed by atoms with van der Waals surface area (Å²) >= 11 is 0. The molecule has 1 saturated heterocycles. The molecule has 2 aromatic carbocycles. The largest absolute Gasteiger partial charge is 0.322 e. The van der Waals surface area contributed by atoms with Gasteiger partial charge in [-0.3, -0.25) is 15.0 Å². The summed E-state index contributed by atoms with van der Waals surface area (Å²) in [7, 11) is 0. The van der Waals surface area contributed by atoms with Gasteiger partial charge in [0.1, 0.15) is 0 Å². The second-order valence-electron chi connectivity index (χ2n) is 8.65. The van der Waals surface area contributed by atoms with Gasteiger partial charge in [0.05, 0.1) is 23.0 Å². The predicted octanol–water partition coefficient (Wildman–Crippen LogP) is 3.91. The van der Waals surface area contributed by atoms with E-state index in [-0.39, 0.29) is 23.8 Å². The van der Waals surface area contributed by atoms with Crippen LogP contribution in [0.1, 0.15) is 53.3 Å². The Hall–Kier alpha value is -3.45. The van der Waals surface area contributed by atoms with Crippen LogP contribution in [0.4, 0.5) is 5.69 Å². The molecule has 2 fully saturated rings. The van der Waals surface area contributed by atoms with E-state index >= 15 is 0 Å². The smallest absolute Gasteiger partial charge is 0.259 e. The molecule has 7 nitrogen and oxygen atoms in total. The number of aromatic nitrogens is 2. The summed E-state index contributed by atoms with van der Waals surface area (Å²) in [5.41, 5.74) is 10.0. The Morgan fingerprint density at radius 1 is 1.06 bits per heavy atom. The highest BCUT2D eigenvalue weighted by Gasteiger charge is 2.40. The monoisotopic (exact) mass is 429 g/mol. The number of aryl methyl sites for hydroxylation is 1. The van der Waals surface area contributed by atoms with Crippen LogP contribution in [0.25, 0.3) is 5.69 Å². The number of benzene rings is 2. The van der Waals surface area contributed by atoms with Crippen molar-refractivity contribution < 1.29 is 9.59 Å². The number of nitrogens with zero attached hydrogens (tertiary/aromatic N) is 2. The van der Waals surface area contributed by atoms with Crippen molar-refractivity contribution in [2.45, 2.75) is 38.6 Å². The Kier molecular flexibility index (Phi) is 5.49.